The molecule has 0 saturated carbocycles. The van der Waals surface area contributed by atoms with E-state index in [-0.39, 0.29) is 12.6 Å². The number of benzene rings is 2. The van der Waals surface area contributed by atoms with Crippen LogP contribution in [-0.2, 0) is 6.42 Å². The lowest BCUT2D eigenvalue weighted by molar-refractivity contribution is 0.276. The summed E-state index contributed by atoms with van der Waals surface area (Å²) in [4.78, 5) is 0. The van der Waals surface area contributed by atoms with Crippen LogP contribution in [0.5, 0.6) is 0 Å². The Bertz CT molecular complexity index is 502. The number of aryl methyl sites for hydroxylation is 1. The van der Waals surface area contributed by atoms with Crippen molar-refractivity contribution in [2.24, 2.45) is 5.73 Å². The maximum Gasteiger partial charge on any atom is 0.0449 e. The lowest BCUT2D eigenvalue weighted by atomic mass is 9.99. The van der Waals surface area contributed by atoms with Crippen LogP contribution in [0.25, 0.3) is 11.1 Å². The Morgan fingerprint density at radius 3 is 1.95 bits per heavy atom. The topological polar surface area (TPSA) is 46.2 Å². The lowest BCUT2D eigenvalue weighted by Gasteiger charge is -2.11. The molecule has 3 N–H and O–H groups in total. The molecule has 1 atom stereocenters. The highest BCUT2D eigenvalue weighted by Gasteiger charge is 2.05. The minimum absolute atomic E-state index is 0.0819. The average molecular weight is 255 g/mol. The monoisotopic (exact) mass is 255 g/mol. The lowest BCUT2D eigenvalue weighted by Crippen LogP contribution is -2.11. The Balaban J connectivity index is 2.17. The highest BCUT2D eigenvalue weighted by Crippen LogP contribution is 2.22. The van der Waals surface area contributed by atoms with Gasteiger partial charge in [0, 0.05) is 12.6 Å². The van der Waals surface area contributed by atoms with Crippen LogP contribution in [0.1, 0.15) is 30.5 Å². The van der Waals surface area contributed by atoms with Crippen molar-refractivity contribution in [2.75, 3.05) is 6.61 Å². The van der Waals surface area contributed by atoms with E-state index in [1.54, 1.807) is 0 Å². The zero-order valence-electron chi connectivity index (χ0n) is 11.3. The standard InChI is InChI=1S/C17H21NO/c1-2-13-3-5-14(6-4-13)15-7-9-16(10-8-15)17(18)11-12-19/h3-10,17,19H,2,11-12,18H2,1H3/t17-/m0/s1. The van der Waals surface area contributed by atoms with Crippen molar-refractivity contribution in [1.82, 2.24) is 0 Å². The van der Waals surface area contributed by atoms with E-state index < -0.39 is 0 Å². The molecular formula is C17H21NO. The predicted octanol–water partition coefficient (Wildman–Crippen LogP) is 3.30. The van der Waals surface area contributed by atoms with E-state index in [4.69, 9.17) is 10.8 Å². The predicted molar refractivity (Wildman–Crippen MR) is 79.9 cm³/mol. The van der Waals surface area contributed by atoms with Crippen LogP contribution < -0.4 is 5.73 Å². The van der Waals surface area contributed by atoms with E-state index in [1.807, 2.05) is 12.1 Å². The molecule has 0 aliphatic heterocycles. The molecule has 0 aliphatic carbocycles. The number of aliphatic hydroxyl groups excluding tert-OH is 1. The van der Waals surface area contributed by atoms with Crippen LogP contribution in [0.4, 0.5) is 0 Å². The van der Waals surface area contributed by atoms with E-state index in [2.05, 4.69) is 43.3 Å². The summed E-state index contributed by atoms with van der Waals surface area (Å²) in [7, 11) is 0. The molecule has 100 valence electrons. The van der Waals surface area contributed by atoms with Crippen molar-refractivity contribution < 1.29 is 5.11 Å². The van der Waals surface area contributed by atoms with Gasteiger partial charge in [-0.3, -0.25) is 0 Å². The fraction of sp³-hybridized carbons (Fsp3) is 0.294. The molecule has 0 amide bonds. The van der Waals surface area contributed by atoms with Gasteiger partial charge >= 0.3 is 0 Å². The van der Waals surface area contributed by atoms with Gasteiger partial charge in [-0.1, -0.05) is 55.5 Å². The first-order chi connectivity index (χ1) is 9.24. The smallest absolute Gasteiger partial charge is 0.0449 e. The fourth-order valence-corrected chi connectivity index (χ4v) is 2.16. The van der Waals surface area contributed by atoms with Gasteiger partial charge in [-0.05, 0) is 35.1 Å². The summed E-state index contributed by atoms with van der Waals surface area (Å²) < 4.78 is 0. The van der Waals surface area contributed by atoms with E-state index >= 15 is 0 Å². The Kier molecular flexibility index (Phi) is 4.72. The van der Waals surface area contributed by atoms with Crippen LogP contribution in [-0.4, -0.2) is 11.7 Å². The maximum atomic E-state index is 8.90. The van der Waals surface area contributed by atoms with Crippen LogP contribution in [0.2, 0.25) is 0 Å². The maximum absolute atomic E-state index is 8.90. The molecule has 2 heteroatoms. The average Bonchev–Trinajstić information content (AvgIpc) is 2.48. The molecule has 0 aliphatic rings. The normalized spacial score (nSPS) is 12.4. The number of rotatable bonds is 5. The SMILES string of the molecule is CCc1ccc(-c2ccc([C@@H](N)CCO)cc2)cc1. The highest BCUT2D eigenvalue weighted by molar-refractivity contribution is 5.64. The van der Waals surface area contributed by atoms with Gasteiger partial charge in [-0.2, -0.15) is 0 Å². The summed E-state index contributed by atoms with van der Waals surface area (Å²) in [5.41, 5.74) is 10.8. The van der Waals surface area contributed by atoms with Crippen LogP contribution >= 0.6 is 0 Å². The third-order valence-electron chi connectivity index (χ3n) is 3.47. The summed E-state index contributed by atoms with van der Waals surface area (Å²) in [6, 6.07) is 16.8. The number of hydrogen-bond donors (Lipinski definition) is 2. The van der Waals surface area contributed by atoms with Gasteiger partial charge in [0.25, 0.3) is 0 Å². The fourth-order valence-electron chi connectivity index (χ4n) is 2.16. The second-order valence-corrected chi connectivity index (χ2v) is 4.79. The molecule has 0 aromatic heterocycles. The van der Waals surface area contributed by atoms with Gasteiger partial charge < -0.3 is 10.8 Å². The van der Waals surface area contributed by atoms with Crippen molar-refractivity contribution in [3.05, 3.63) is 59.7 Å². The highest BCUT2D eigenvalue weighted by atomic mass is 16.3. The summed E-state index contributed by atoms with van der Waals surface area (Å²) in [6.07, 6.45) is 1.67. The van der Waals surface area contributed by atoms with E-state index in [1.165, 1.54) is 16.7 Å². The molecule has 0 heterocycles. The van der Waals surface area contributed by atoms with Gasteiger partial charge in [-0.15, -0.1) is 0 Å². The molecule has 0 saturated heterocycles. The second kappa shape index (κ2) is 6.50. The van der Waals surface area contributed by atoms with Crippen LogP contribution in [0.3, 0.4) is 0 Å². The van der Waals surface area contributed by atoms with Crippen LogP contribution in [0, 0.1) is 0 Å². The molecule has 2 rings (SSSR count). The molecule has 2 aromatic carbocycles. The van der Waals surface area contributed by atoms with Crippen LogP contribution in [0.15, 0.2) is 48.5 Å². The van der Waals surface area contributed by atoms with Gasteiger partial charge in [0.05, 0.1) is 0 Å². The number of nitrogens with two attached hydrogens (primary N) is 1. The first kappa shape index (κ1) is 13.8. The van der Waals surface area contributed by atoms with Crippen molar-refractivity contribution in [3.63, 3.8) is 0 Å². The number of hydrogen-bond acceptors (Lipinski definition) is 2. The summed E-state index contributed by atoms with van der Waals surface area (Å²) >= 11 is 0. The third-order valence-corrected chi connectivity index (χ3v) is 3.47. The van der Waals surface area contributed by atoms with Gasteiger partial charge in [0.1, 0.15) is 0 Å². The Morgan fingerprint density at radius 1 is 0.947 bits per heavy atom. The zero-order valence-corrected chi connectivity index (χ0v) is 11.3. The molecule has 2 nitrogen and oxygen atoms in total. The summed E-state index contributed by atoms with van der Waals surface area (Å²) in [5, 5.41) is 8.90. The van der Waals surface area contributed by atoms with E-state index in [0.717, 1.165) is 12.0 Å². The molecule has 0 spiro atoms. The van der Waals surface area contributed by atoms with Crippen molar-refractivity contribution in [3.8, 4) is 11.1 Å². The van der Waals surface area contributed by atoms with E-state index in [0.29, 0.717) is 6.42 Å². The van der Waals surface area contributed by atoms with Crippen molar-refractivity contribution in [2.45, 2.75) is 25.8 Å². The quantitative estimate of drug-likeness (QED) is 0.861. The van der Waals surface area contributed by atoms with E-state index in [9.17, 15) is 0 Å². The third kappa shape index (κ3) is 3.43. The Morgan fingerprint density at radius 2 is 1.47 bits per heavy atom. The largest absolute Gasteiger partial charge is 0.396 e. The summed E-state index contributed by atoms with van der Waals surface area (Å²) in [5.74, 6) is 0. The van der Waals surface area contributed by atoms with Crippen molar-refractivity contribution >= 4 is 0 Å². The van der Waals surface area contributed by atoms with Gasteiger partial charge in [-0.25, -0.2) is 0 Å². The minimum atomic E-state index is -0.0819. The van der Waals surface area contributed by atoms with Gasteiger partial charge in [0.2, 0.25) is 0 Å². The summed E-state index contributed by atoms with van der Waals surface area (Å²) in [6.45, 7) is 2.29. The minimum Gasteiger partial charge on any atom is -0.396 e. The molecule has 0 fully saturated rings. The van der Waals surface area contributed by atoms with Crippen molar-refractivity contribution in [1.29, 1.82) is 0 Å². The molecule has 0 radical (unpaired) electrons. The molecule has 2 aromatic rings. The Hall–Kier alpha value is -1.64. The Labute approximate surface area is 114 Å². The molecule has 0 bridgehead atoms. The molecule has 0 unspecified atom stereocenters. The van der Waals surface area contributed by atoms with Gasteiger partial charge in [0.15, 0.2) is 0 Å². The first-order valence-corrected chi connectivity index (χ1v) is 6.80. The number of aliphatic hydroxyl groups is 1. The second-order valence-electron chi connectivity index (χ2n) is 4.79. The molecular weight excluding hydrogens is 234 g/mol. The zero-order chi connectivity index (χ0) is 13.7. The first-order valence-electron chi connectivity index (χ1n) is 6.80. The molecule has 19 heavy (non-hydrogen) atoms.